The zero-order valence-electron chi connectivity index (χ0n) is 16.4. The Labute approximate surface area is 169 Å². The van der Waals surface area contributed by atoms with Crippen LogP contribution in [-0.4, -0.2) is 71.1 Å². The normalized spacial score (nSPS) is 24.1. The van der Waals surface area contributed by atoms with Crippen molar-refractivity contribution in [2.45, 2.75) is 31.6 Å². The van der Waals surface area contributed by atoms with Gasteiger partial charge in [-0.1, -0.05) is 5.16 Å². The first-order chi connectivity index (χ1) is 13.7. The van der Waals surface area contributed by atoms with Crippen molar-refractivity contribution in [3.8, 4) is 0 Å². The molecule has 0 radical (unpaired) electrons. The molecule has 2 saturated heterocycles. The SMILES string of the molecule is Cc1cc(C(=O)N2CC3(C2)CN(S(C)(=O)=O)CC3c2nc(C3CC3)no2)ccn1. The van der Waals surface area contributed by atoms with Gasteiger partial charge in [-0.15, -0.1) is 0 Å². The van der Waals surface area contributed by atoms with Crippen LogP contribution in [0.4, 0.5) is 0 Å². The molecule has 0 N–H and O–H groups in total. The fourth-order valence-corrected chi connectivity index (χ4v) is 5.36. The van der Waals surface area contributed by atoms with Crippen molar-refractivity contribution in [3.63, 3.8) is 0 Å². The highest BCUT2D eigenvalue weighted by molar-refractivity contribution is 7.88. The zero-order chi connectivity index (χ0) is 20.4. The van der Waals surface area contributed by atoms with Crippen molar-refractivity contribution in [1.29, 1.82) is 0 Å². The Kier molecular flexibility index (Phi) is 4.08. The summed E-state index contributed by atoms with van der Waals surface area (Å²) in [5, 5.41) is 4.10. The maximum atomic E-state index is 12.9. The number of hydrogen-bond acceptors (Lipinski definition) is 7. The summed E-state index contributed by atoms with van der Waals surface area (Å²) in [6.07, 6.45) is 4.98. The molecule has 3 aliphatic rings. The maximum Gasteiger partial charge on any atom is 0.254 e. The highest BCUT2D eigenvalue weighted by Crippen LogP contribution is 2.50. The summed E-state index contributed by atoms with van der Waals surface area (Å²) in [5.41, 5.74) is 0.982. The first-order valence-corrected chi connectivity index (χ1v) is 11.6. The van der Waals surface area contributed by atoms with E-state index in [1.165, 1.54) is 10.6 Å². The quantitative estimate of drug-likeness (QED) is 0.734. The van der Waals surface area contributed by atoms with E-state index < -0.39 is 15.4 Å². The number of likely N-dealkylation sites (tertiary alicyclic amines) is 1. The number of rotatable bonds is 4. The standard InChI is InChI=1S/C19H23N5O4S/c1-12-7-14(5-6-20-12)18(25)23-9-19(10-23)11-24(29(2,26)27)8-15(19)17-21-16(22-28-17)13-3-4-13/h5-7,13,15H,3-4,8-11H2,1-2H3. The van der Waals surface area contributed by atoms with Crippen LogP contribution in [0.25, 0.3) is 0 Å². The third-order valence-electron chi connectivity index (χ3n) is 6.23. The first-order valence-electron chi connectivity index (χ1n) is 9.76. The molecular weight excluding hydrogens is 394 g/mol. The number of carbonyl (C=O) groups excluding carboxylic acids is 1. The predicted molar refractivity (Wildman–Crippen MR) is 103 cm³/mol. The van der Waals surface area contributed by atoms with Crippen molar-refractivity contribution in [1.82, 2.24) is 24.3 Å². The number of aryl methyl sites for hydroxylation is 1. The summed E-state index contributed by atoms with van der Waals surface area (Å²) in [4.78, 5) is 23.3. The zero-order valence-corrected chi connectivity index (χ0v) is 17.2. The van der Waals surface area contributed by atoms with Crippen molar-refractivity contribution >= 4 is 15.9 Å². The minimum absolute atomic E-state index is 0.0677. The summed E-state index contributed by atoms with van der Waals surface area (Å²) in [6.45, 7) is 3.44. The Balaban J connectivity index is 1.40. The summed E-state index contributed by atoms with van der Waals surface area (Å²) >= 11 is 0. The van der Waals surface area contributed by atoms with Gasteiger partial charge in [-0.2, -0.15) is 4.98 Å². The van der Waals surface area contributed by atoms with Gasteiger partial charge < -0.3 is 9.42 Å². The third kappa shape index (κ3) is 3.24. The van der Waals surface area contributed by atoms with E-state index in [4.69, 9.17) is 4.52 Å². The monoisotopic (exact) mass is 417 g/mol. The maximum absolute atomic E-state index is 12.9. The van der Waals surface area contributed by atoms with Gasteiger partial charge in [0.2, 0.25) is 15.9 Å². The predicted octanol–water partition coefficient (Wildman–Crippen LogP) is 1.15. The molecule has 154 valence electrons. The van der Waals surface area contributed by atoms with E-state index in [-0.39, 0.29) is 11.8 Å². The van der Waals surface area contributed by atoms with E-state index in [1.807, 2.05) is 6.92 Å². The van der Waals surface area contributed by atoms with Crippen LogP contribution in [-0.2, 0) is 10.0 Å². The molecular formula is C19H23N5O4S. The number of sulfonamides is 1. The minimum Gasteiger partial charge on any atom is -0.339 e. The molecule has 2 aromatic heterocycles. The van der Waals surface area contributed by atoms with E-state index in [1.54, 1.807) is 23.2 Å². The molecule has 10 heteroatoms. The van der Waals surface area contributed by atoms with Crippen molar-refractivity contribution in [3.05, 3.63) is 41.3 Å². The van der Waals surface area contributed by atoms with Gasteiger partial charge in [0.05, 0.1) is 12.2 Å². The highest BCUT2D eigenvalue weighted by Gasteiger charge is 2.59. The average molecular weight is 417 g/mol. The van der Waals surface area contributed by atoms with Crippen LogP contribution in [0.1, 0.15) is 52.4 Å². The molecule has 1 spiro atoms. The fourth-order valence-electron chi connectivity index (χ4n) is 4.45. The van der Waals surface area contributed by atoms with Crippen molar-refractivity contribution in [2.24, 2.45) is 5.41 Å². The molecule has 5 rings (SSSR count). The van der Waals surface area contributed by atoms with Crippen LogP contribution in [0, 0.1) is 12.3 Å². The molecule has 1 unspecified atom stereocenters. The lowest BCUT2D eigenvalue weighted by Crippen LogP contribution is -2.61. The largest absolute Gasteiger partial charge is 0.339 e. The molecule has 2 aromatic rings. The first kappa shape index (κ1) is 18.7. The summed E-state index contributed by atoms with van der Waals surface area (Å²) in [6, 6.07) is 3.47. The fraction of sp³-hybridized carbons (Fsp3) is 0.579. The van der Waals surface area contributed by atoms with E-state index in [0.29, 0.717) is 49.4 Å². The third-order valence-corrected chi connectivity index (χ3v) is 7.44. The second-order valence-corrected chi connectivity index (χ2v) is 10.6. The lowest BCUT2D eigenvalue weighted by molar-refractivity contribution is 0.00130. The Bertz CT molecular complexity index is 1070. The van der Waals surface area contributed by atoms with Crippen LogP contribution in [0.3, 0.4) is 0 Å². The van der Waals surface area contributed by atoms with E-state index in [2.05, 4.69) is 15.1 Å². The second-order valence-electron chi connectivity index (χ2n) is 8.58. The molecule has 1 aliphatic carbocycles. The number of aromatic nitrogens is 3. The molecule has 0 bridgehead atoms. The summed E-state index contributed by atoms with van der Waals surface area (Å²) < 4.78 is 31.4. The van der Waals surface area contributed by atoms with Gasteiger partial charge in [-0.25, -0.2) is 12.7 Å². The minimum atomic E-state index is -3.35. The molecule has 1 saturated carbocycles. The van der Waals surface area contributed by atoms with E-state index in [0.717, 1.165) is 18.5 Å². The Morgan fingerprint density at radius 2 is 2.03 bits per heavy atom. The van der Waals surface area contributed by atoms with Crippen molar-refractivity contribution in [2.75, 3.05) is 32.4 Å². The number of hydrogen-bond donors (Lipinski definition) is 0. The molecule has 1 amide bonds. The number of pyridine rings is 1. The average Bonchev–Trinajstić information content (AvgIpc) is 3.22. The van der Waals surface area contributed by atoms with Crippen LogP contribution in [0.5, 0.6) is 0 Å². The number of carbonyl (C=O) groups is 1. The van der Waals surface area contributed by atoms with E-state index in [9.17, 15) is 13.2 Å². The molecule has 2 aliphatic heterocycles. The van der Waals surface area contributed by atoms with Gasteiger partial charge in [0.25, 0.3) is 5.91 Å². The molecule has 9 nitrogen and oxygen atoms in total. The van der Waals surface area contributed by atoms with Gasteiger partial charge in [0.15, 0.2) is 5.82 Å². The highest BCUT2D eigenvalue weighted by atomic mass is 32.2. The number of amides is 1. The Morgan fingerprint density at radius 1 is 1.28 bits per heavy atom. The molecule has 1 atom stereocenters. The summed E-state index contributed by atoms with van der Waals surface area (Å²) in [5.74, 6) is 1.30. The topological polar surface area (TPSA) is 110 Å². The van der Waals surface area contributed by atoms with Gasteiger partial charge in [0, 0.05) is 55.0 Å². The Morgan fingerprint density at radius 3 is 2.69 bits per heavy atom. The van der Waals surface area contributed by atoms with Gasteiger partial charge >= 0.3 is 0 Å². The van der Waals surface area contributed by atoms with Gasteiger partial charge in [0.1, 0.15) is 0 Å². The van der Waals surface area contributed by atoms with Crippen LogP contribution in [0.15, 0.2) is 22.9 Å². The second kappa shape index (κ2) is 6.33. The molecule has 29 heavy (non-hydrogen) atoms. The number of nitrogens with zero attached hydrogens (tertiary/aromatic N) is 5. The van der Waals surface area contributed by atoms with Crippen LogP contribution in [0.2, 0.25) is 0 Å². The van der Waals surface area contributed by atoms with Gasteiger partial charge in [-0.3, -0.25) is 9.78 Å². The Hall–Kier alpha value is -2.33. The van der Waals surface area contributed by atoms with E-state index >= 15 is 0 Å². The van der Waals surface area contributed by atoms with Crippen LogP contribution < -0.4 is 0 Å². The molecule has 3 fully saturated rings. The van der Waals surface area contributed by atoms with Crippen molar-refractivity contribution < 1.29 is 17.7 Å². The smallest absolute Gasteiger partial charge is 0.254 e. The van der Waals surface area contributed by atoms with Crippen LogP contribution >= 0.6 is 0 Å². The summed E-state index contributed by atoms with van der Waals surface area (Å²) in [7, 11) is -3.35. The lowest BCUT2D eigenvalue weighted by Gasteiger charge is -2.50. The van der Waals surface area contributed by atoms with Gasteiger partial charge in [-0.05, 0) is 31.9 Å². The molecule has 4 heterocycles. The lowest BCUT2D eigenvalue weighted by atomic mass is 9.71. The molecule has 0 aromatic carbocycles.